The average Bonchev–Trinajstić information content (AvgIpc) is 2.92. The number of para-hydroxylation sites is 1. The van der Waals surface area contributed by atoms with Crippen LogP contribution < -0.4 is 5.32 Å². The summed E-state index contributed by atoms with van der Waals surface area (Å²) >= 11 is 0.515. The normalized spacial score (nSPS) is 15.1. The van der Waals surface area contributed by atoms with E-state index in [2.05, 4.69) is 5.32 Å². The van der Waals surface area contributed by atoms with Crippen molar-refractivity contribution in [3.05, 3.63) is 68.9 Å². The second kappa shape index (κ2) is 8.10. The Hall–Kier alpha value is -3.73. The number of anilines is 1. The van der Waals surface area contributed by atoms with Crippen molar-refractivity contribution >= 4 is 46.3 Å². The third-order valence-corrected chi connectivity index (χ3v) is 4.74. The molecule has 148 valence electrons. The molecule has 1 saturated heterocycles. The molecular weight excluding hydrogens is 405 g/mol. The first-order valence-electron chi connectivity index (χ1n) is 8.03. The van der Waals surface area contributed by atoms with Crippen LogP contribution in [0.25, 0.3) is 6.08 Å². The van der Waals surface area contributed by atoms with Crippen molar-refractivity contribution in [1.29, 1.82) is 0 Å². The molecule has 1 heterocycles. The Morgan fingerprint density at radius 3 is 2.69 bits per heavy atom. The SMILES string of the molecule is O=C(CN1C(=O)S/C(=C\c2cc([N+](=O)[O-])ccc2O)C1=O)Nc1ccccc1F. The number of aromatic hydroxyl groups is 1. The summed E-state index contributed by atoms with van der Waals surface area (Å²) in [5.41, 5.74) is -0.431. The van der Waals surface area contributed by atoms with E-state index in [9.17, 15) is 34.0 Å². The molecule has 3 rings (SSSR count). The minimum absolute atomic E-state index is 0.0273. The van der Waals surface area contributed by atoms with Crippen LogP contribution in [-0.4, -0.2) is 38.5 Å². The van der Waals surface area contributed by atoms with Gasteiger partial charge in [-0.05, 0) is 36.0 Å². The number of carbonyl (C=O) groups excluding carboxylic acids is 3. The van der Waals surface area contributed by atoms with Gasteiger partial charge in [0, 0.05) is 17.7 Å². The molecule has 2 aromatic rings. The van der Waals surface area contributed by atoms with Gasteiger partial charge in [0.2, 0.25) is 5.91 Å². The monoisotopic (exact) mass is 417 g/mol. The number of phenolic OH excluding ortho intramolecular Hbond substituents is 1. The predicted octanol–water partition coefficient (Wildman–Crippen LogP) is 3.11. The fraction of sp³-hybridized carbons (Fsp3) is 0.0556. The van der Waals surface area contributed by atoms with E-state index in [1.807, 2.05) is 0 Å². The van der Waals surface area contributed by atoms with Crippen molar-refractivity contribution in [3.63, 3.8) is 0 Å². The number of rotatable bonds is 5. The summed E-state index contributed by atoms with van der Waals surface area (Å²) in [6.07, 6.45) is 1.13. The molecule has 9 nitrogen and oxygen atoms in total. The second-order valence-electron chi connectivity index (χ2n) is 5.80. The van der Waals surface area contributed by atoms with E-state index in [4.69, 9.17) is 0 Å². The highest BCUT2D eigenvalue weighted by Gasteiger charge is 2.36. The highest BCUT2D eigenvalue weighted by Crippen LogP contribution is 2.34. The van der Waals surface area contributed by atoms with Crippen molar-refractivity contribution < 1.29 is 28.8 Å². The third kappa shape index (κ3) is 4.41. The van der Waals surface area contributed by atoms with E-state index in [1.54, 1.807) is 0 Å². The number of amides is 3. The van der Waals surface area contributed by atoms with E-state index in [0.717, 1.165) is 30.3 Å². The minimum Gasteiger partial charge on any atom is -0.507 e. The summed E-state index contributed by atoms with van der Waals surface area (Å²) in [4.78, 5) is 47.4. The smallest absolute Gasteiger partial charge is 0.294 e. The number of nitrogens with one attached hydrogen (secondary N) is 1. The standard InChI is InChI=1S/C18H12FN3O6S/c19-12-3-1-2-4-13(12)20-16(24)9-21-17(25)15(29-18(21)26)8-10-7-11(22(27)28)5-6-14(10)23/h1-8,23H,9H2,(H,20,24)/b15-8-. The van der Waals surface area contributed by atoms with E-state index >= 15 is 0 Å². The lowest BCUT2D eigenvalue weighted by Gasteiger charge is -2.12. The van der Waals surface area contributed by atoms with Gasteiger partial charge in [-0.3, -0.25) is 29.4 Å². The molecule has 0 bridgehead atoms. The summed E-state index contributed by atoms with van der Waals surface area (Å²) < 4.78 is 13.6. The molecule has 0 spiro atoms. The fourth-order valence-electron chi connectivity index (χ4n) is 2.44. The van der Waals surface area contributed by atoms with E-state index < -0.39 is 34.3 Å². The molecule has 1 aliphatic heterocycles. The maximum atomic E-state index is 13.6. The number of thioether (sulfide) groups is 1. The lowest BCUT2D eigenvalue weighted by Crippen LogP contribution is -2.36. The van der Waals surface area contributed by atoms with E-state index in [-0.39, 0.29) is 27.6 Å². The number of nitro groups is 1. The van der Waals surface area contributed by atoms with E-state index in [1.165, 1.54) is 18.2 Å². The van der Waals surface area contributed by atoms with Gasteiger partial charge in [-0.2, -0.15) is 0 Å². The Morgan fingerprint density at radius 2 is 2.00 bits per heavy atom. The molecule has 2 N–H and O–H groups in total. The predicted molar refractivity (Wildman–Crippen MR) is 102 cm³/mol. The first-order chi connectivity index (χ1) is 13.8. The Kier molecular flexibility index (Phi) is 5.59. The number of halogens is 1. The van der Waals surface area contributed by atoms with Gasteiger partial charge in [0.15, 0.2) is 0 Å². The molecule has 0 atom stereocenters. The first kappa shape index (κ1) is 20.0. The number of benzene rings is 2. The van der Waals surface area contributed by atoms with Crippen LogP contribution in [-0.2, 0) is 9.59 Å². The Balaban J connectivity index is 1.77. The van der Waals surface area contributed by atoms with Crippen molar-refractivity contribution in [2.24, 2.45) is 0 Å². The summed E-state index contributed by atoms with van der Waals surface area (Å²) in [5, 5.41) is 22.2. The van der Waals surface area contributed by atoms with Crippen LogP contribution >= 0.6 is 11.8 Å². The highest BCUT2D eigenvalue weighted by molar-refractivity contribution is 8.18. The zero-order valence-corrected chi connectivity index (χ0v) is 15.3. The zero-order valence-electron chi connectivity index (χ0n) is 14.5. The lowest BCUT2D eigenvalue weighted by molar-refractivity contribution is -0.384. The first-order valence-corrected chi connectivity index (χ1v) is 8.85. The van der Waals surface area contributed by atoms with Crippen LogP contribution in [0.2, 0.25) is 0 Å². The van der Waals surface area contributed by atoms with Crippen molar-refractivity contribution in [1.82, 2.24) is 4.90 Å². The van der Waals surface area contributed by atoms with Gasteiger partial charge in [0.25, 0.3) is 16.8 Å². The van der Waals surface area contributed by atoms with Crippen molar-refractivity contribution in [2.75, 3.05) is 11.9 Å². The van der Waals surface area contributed by atoms with Crippen LogP contribution in [0.5, 0.6) is 5.75 Å². The molecule has 0 radical (unpaired) electrons. The van der Waals surface area contributed by atoms with Gasteiger partial charge >= 0.3 is 0 Å². The average molecular weight is 417 g/mol. The molecular formula is C18H12FN3O6S. The number of imide groups is 1. The highest BCUT2D eigenvalue weighted by atomic mass is 32.2. The number of nitrogens with zero attached hydrogens (tertiary/aromatic N) is 2. The molecule has 3 amide bonds. The minimum atomic E-state index is -0.811. The fourth-order valence-corrected chi connectivity index (χ4v) is 3.27. The summed E-state index contributed by atoms with van der Waals surface area (Å²) in [6, 6.07) is 8.65. The molecule has 29 heavy (non-hydrogen) atoms. The largest absolute Gasteiger partial charge is 0.507 e. The Bertz CT molecular complexity index is 1070. The van der Waals surface area contributed by atoms with Crippen molar-refractivity contribution in [3.8, 4) is 5.75 Å². The Morgan fingerprint density at radius 1 is 1.28 bits per heavy atom. The molecule has 0 aromatic heterocycles. The lowest BCUT2D eigenvalue weighted by atomic mass is 10.1. The quantitative estimate of drug-likeness (QED) is 0.434. The number of phenols is 1. The van der Waals surface area contributed by atoms with Gasteiger partial charge in [-0.25, -0.2) is 4.39 Å². The maximum Gasteiger partial charge on any atom is 0.294 e. The number of carbonyl (C=O) groups is 3. The third-order valence-electron chi connectivity index (χ3n) is 3.83. The van der Waals surface area contributed by atoms with Gasteiger partial charge in [0.05, 0.1) is 15.5 Å². The van der Waals surface area contributed by atoms with Crippen LogP contribution in [0.1, 0.15) is 5.56 Å². The number of non-ortho nitro benzene ring substituents is 1. The molecule has 0 unspecified atom stereocenters. The molecule has 0 saturated carbocycles. The van der Waals surface area contributed by atoms with Crippen LogP contribution in [0, 0.1) is 15.9 Å². The number of hydrogen-bond donors (Lipinski definition) is 2. The summed E-state index contributed by atoms with van der Waals surface area (Å²) in [5.74, 6) is -2.58. The zero-order chi connectivity index (χ0) is 21.1. The van der Waals surface area contributed by atoms with Gasteiger partial charge in [0.1, 0.15) is 18.1 Å². The molecule has 0 aliphatic carbocycles. The van der Waals surface area contributed by atoms with Gasteiger partial charge in [-0.1, -0.05) is 12.1 Å². The van der Waals surface area contributed by atoms with Gasteiger partial charge < -0.3 is 10.4 Å². The topological polar surface area (TPSA) is 130 Å². The van der Waals surface area contributed by atoms with E-state index in [0.29, 0.717) is 16.7 Å². The number of nitro benzene ring substituents is 1. The van der Waals surface area contributed by atoms with Crippen LogP contribution in [0.15, 0.2) is 47.4 Å². The second-order valence-corrected chi connectivity index (χ2v) is 6.79. The summed E-state index contributed by atoms with van der Waals surface area (Å²) in [6.45, 7) is -0.642. The molecule has 2 aromatic carbocycles. The number of hydrogen-bond acceptors (Lipinski definition) is 7. The van der Waals surface area contributed by atoms with Crippen LogP contribution in [0.3, 0.4) is 0 Å². The Labute approximate surface area is 167 Å². The molecule has 11 heteroatoms. The maximum absolute atomic E-state index is 13.6. The molecule has 1 fully saturated rings. The summed E-state index contributed by atoms with van der Waals surface area (Å²) in [7, 11) is 0. The van der Waals surface area contributed by atoms with Gasteiger partial charge in [-0.15, -0.1) is 0 Å². The van der Waals surface area contributed by atoms with Crippen molar-refractivity contribution in [2.45, 2.75) is 0 Å². The van der Waals surface area contributed by atoms with Crippen LogP contribution in [0.4, 0.5) is 20.6 Å². The molecule has 1 aliphatic rings.